The predicted octanol–water partition coefficient (Wildman–Crippen LogP) is 4.85. The quantitative estimate of drug-likeness (QED) is 0.444. The van der Waals surface area contributed by atoms with Crippen molar-refractivity contribution in [2.45, 2.75) is 55.3 Å². The summed E-state index contributed by atoms with van der Waals surface area (Å²) in [6.07, 6.45) is -4.09. The minimum Gasteiger partial charge on any atom is -0.406 e. The van der Waals surface area contributed by atoms with E-state index < -0.39 is 34.3 Å². The van der Waals surface area contributed by atoms with Crippen LogP contribution in [0.15, 0.2) is 89.8 Å². The Kier molecular flexibility index (Phi) is 7.87. The van der Waals surface area contributed by atoms with E-state index >= 15 is 0 Å². The predicted molar refractivity (Wildman–Crippen MR) is 130 cm³/mol. The van der Waals surface area contributed by atoms with Gasteiger partial charge in [0.2, 0.25) is 10.0 Å². The third-order valence-electron chi connectivity index (χ3n) is 6.18. The Morgan fingerprint density at radius 1 is 0.917 bits per heavy atom. The number of alkyl halides is 3. The second-order valence-electron chi connectivity index (χ2n) is 8.68. The molecule has 1 aliphatic carbocycles. The Bertz CT molecular complexity index is 1220. The number of para-hydroxylation sites is 1. The number of anilines is 1. The number of ether oxygens (including phenoxy) is 1. The number of aliphatic hydroxyl groups excluding tert-OH is 1. The zero-order chi connectivity index (χ0) is 25.8. The molecule has 0 unspecified atom stereocenters. The summed E-state index contributed by atoms with van der Waals surface area (Å²) in [5, 5.41) is 11.3. The van der Waals surface area contributed by atoms with Gasteiger partial charge < -0.3 is 14.7 Å². The van der Waals surface area contributed by atoms with Crippen LogP contribution in [0.1, 0.15) is 24.8 Å². The molecule has 4 rings (SSSR count). The van der Waals surface area contributed by atoms with Gasteiger partial charge in [0.05, 0.1) is 23.1 Å². The number of nitrogens with zero attached hydrogens (tertiary/aromatic N) is 1. The van der Waals surface area contributed by atoms with Crippen LogP contribution < -0.4 is 14.4 Å². The van der Waals surface area contributed by atoms with Crippen molar-refractivity contribution in [1.82, 2.24) is 4.72 Å². The Morgan fingerprint density at radius 2 is 1.53 bits per heavy atom. The highest BCUT2D eigenvalue weighted by molar-refractivity contribution is 7.89. The maximum Gasteiger partial charge on any atom is 0.573 e. The van der Waals surface area contributed by atoms with Crippen molar-refractivity contribution in [3.8, 4) is 5.75 Å². The van der Waals surface area contributed by atoms with E-state index in [0.717, 1.165) is 35.5 Å². The highest BCUT2D eigenvalue weighted by atomic mass is 32.2. The minimum absolute atomic E-state index is 0.212. The van der Waals surface area contributed by atoms with E-state index in [0.29, 0.717) is 25.8 Å². The van der Waals surface area contributed by atoms with Crippen LogP contribution >= 0.6 is 0 Å². The van der Waals surface area contributed by atoms with Gasteiger partial charge in [-0.2, -0.15) is 0 Å². The van der Waals surface area contributed by atoms with Crippen LogP contribution in [0.2, 0.25) is 0 Å². The van der Waals surface area contributed by atoms with E-state index in [1.54, 1.807) is 0 Å². The number of rotatable bonds is 8. The maximum atomic E-state index is 13.0. The largest absolute Gasteiger partial charge is 0.573 e. The topological polar surface area (TPSA) is 78.9 Å². The smallest absolute Gasteiger partial charge is 0.406 e. The molecule has 0 aliphatic heterocycles. The van der Waals surface area contributed by atoms with Crippen LogP contribution in [-0.2, 0) is 16.6 Å². The maximum absolute atomic E-state index is 13.0. The van der Waals surface area contributed by atoms with Crippen molar-refractivity contribution in [2.24, 2.45) is 0 Å². The van der Waals surface area contributed by atoms with Crippen molar-refractivity contribution in [2.75, 3.05) is 4.90 Å². The summed E-state index contributed by atoms with van der Waals surface area (Å²) in [6, 6.07) is 22.3. The molecule has 0 amide bonds. The number of hydrogen-bond donors (Lipinski definition) is 2. The Morgan fingerprint density at radius 3 is 2.14 bits per heavy atom. The summed E-state index contributed by atoms with van der Waals surface area (Å²) in [5.41, 5.74) is 1.96. The summed E-state index contributed by atoms with van der Waals surface area (Å²) in [4.78, 5) is 1.87. The minimum atomic E-state index is -4.87. The van der Waals surface area contributed by atoms with Crippen LogP contribution in [0.4, 0.5) is 18.9 Å². The average molecular weight is 521 g/mol. The first-order chi connectivity index (χ1) is 17.1. The van der Waals surface area contributed by atoms with E-state index in [2.05, 4.69) is 14.4 Å². The number of aliphatic hydroxyl groups is 1. The molecule has 3 atom stereocenters. The van der Waals surface area contributed by atoms with Crippen molar-refractivity contribution < 1.29 is 31.4 Å². The fourth-order valence-electron chi connectivity index (χ4n) is 4.51. The Labute approximate surface area is 208 Å². The standard InChI is InChI=1S/C26H27F3N2O4S/c27-26(28,29)35-21-14-16-22(17-15-21)36(33,34)30-23-12-7-13-24(25(23)32)31(20-10-5-2-6-11-20)18-19-8-3-1-4-9-19/h1-6,8-11,14-17,23-25,30,32H,7,12-13,18H2/t23-,24+,25+/m0/s1. The van der Waals surface area contributed by atoms with Crippen LogP contribution in [0, 0.1) is 0 Å². The summed E-state index contributed by atoms with van der Waals surface area (Å²) < 4.78 is 69.5. The third kappa shape index (κ3) is 6.57. The van der Waals surface area contributed by atoms with Gasteiger partial charge >= 0.3 is 6.36 Å². The summed E-state index contributed by atoms with van der Waals surface area (Å²) in [5.74, 6) is -0.515. The highest BCUT2D eigenvalue weighted by Crippen LogP contribution is 2.31. The van der Waals surface area contributed by atoms with Crippen molar-refractivity contribution in [1.29, 1.82) is 0 Å². The molecule has 1 fully saturated rings. The molecule has 0 radical (unpaired) electrons. The lowest BCUT2D eigenvalue weighted by atomic mass is 9.87. The first-order valence-corrected chi connectivity index (χ1v) is 13.0. The number of halogens is 3. The van der Waals surface area contributed by atoms with Crippen molar-refractivity contribution >= 4 is 15.7 Å². The molecule has 0 spiro atoms. The Balaban J connectivity index is 1.53. The Hall–Kier alpha value is -3.08. The first kappa shape index (κ1) is 26.0. The molecule has 3 aromatic carbocycles. The van der Waals surface area contributed by atoms with Crippen LogP contribution in [0.5, 0.6) is 5.75 Å². The molecule has 6 nitrogen and oxygen atoms in total. The van der Waals surface area contributed by atoms with Crippen molar-refractivity contribution in [3.05, 3.63) is 90.5 Å². The van der Waals surface area contributed by atoms with Gasteiger partial charge in [0, 0.05) is 12.2 Å². The fourth-order valence-corrected chi connectivity index (χ4v) is 5.80. The van der Waals surface area contributed by atoms with Gasteiger partial charge in [-0.05, 0) is 61.2 Å². The fraction of sp³-hybridized carbons (Fsp3) is 0.308. The second-order valence-corrected chi connectivity index (χ2v) is 10.4. The molecule has 1 saturated carbocycles. The van der Waals surface area contributed by atoms with Gasteiger partial charge in [0.15, 0.2) is 0 Å². The molecule has 192 valence electrons. The summed E-state index contributed by atoms with van der Waals surface area (Å²) >= 11 is 0. The summed E-state index contributed by atoms with van der Waals surface area (Å²) in [6.45, 7) is 0.534. The number of nitrogens with one attached hydrogen (secondary N) is 1. The molecular weight excluding hydrogens is 493 g/mol. The zero-order valence-electron chi connectivity index (χ0n) is 19.3. The molecular formula is C26H27F3N2O4S. The monoisotopic (exact) mass is 520 g/mol. The summed E-state index contributed by atoms with van der Waals surface area (Å²) in [7, 11) is -4.09. The lowest BCUT2D eigenvalue weighted by molar-refractivity contribution is -0.274. The van der Waals surface area contributed by atoms with Crippen LogP contribution in [0.3, 0.4) is 0 Å². The van der Waals surface area contributed by atoms with Gasteiger partial charge in [-0.3, -0.25) is 0 Å². The van der Waals surface area contributed by atoms with Crippen molar-refractivity contribution in [3.63, 3.8) is 0 Å². The van der Waals surface area contributed by atoms with Crippen LogP contribution in [-0.4, -0.2) is 38.1 Å². The van der Waals surface area contributed by atoms with Gasteiger partial charge in [-0.25, -0.2) is 13.1 Å². The van der Waals surface area contributed by atoms with Gasteiger partial charge in [-0.1, -0.05) is 48.5 Å². The number of benzene rings is 3. The average Bonchev–Trinajstić information content (AvgIpc) is 2.84. The molecule has 0 aromatic heterocycles. The SMILES string of the molecule is O=S(=O)(N[C@H]1CCC[C@@H](N(Cc2ccccc2)c2ccccc2)[C@@H]1O)c1ccc(OC(F)(F)F)cc1. The molecule has 2 N–H and O–H groups in total. The van der Waals surface area contributed by atoms with Gasteiger partial charge in [-0.15, -0.1) is 13.2 Å². The highest BCUT2D eigenvalue weighted by Gasteiger charge is 2.38. The molecule has 0 bridgehead atoms. The normalized spacial score (nSPS) is 20.6. The van der Waals surface area contributed by atoms with E-state index in [1.165, 1.54) is 0 Å². The number of sulfonamides is 1. The number of hydrogen-bond acceptors (Lipinski definition) is 5. The first-order valence-electron chi connectivity index (χ1n) is 11.5. The van der Waals surface area contributed by atoms with Crippen LogP contribution in [0.25, 0.3) is 0 Å². The van der Waals surface area contributed by atoms with E-state index in [-0.39, 0.29) is 10.9 Å². The third-order valence-corrected chi connectivity index (χ3v) is 7.69. The van der Waals surface area contributed by atoms with E-state index in [1.807, 2.05) is 60.7 Å². The molecule has 10 heteroatoms. The second kappa shape index (κ2) is 10.9. The van der Waals surface area contributed by atoms with Gasteiger partial charge in [0.25, 0.3) is 0 Å². The lowest BCUT2D eigenvalue weighted by Crippen LogP contribution is -2.56. The molecule has 1 aliphatic rings. The van der Waals surface area contributed by atoms with Gasteiger partial charge in [0.1, 0.15) is 5.75 Å². The molecule has 36 heavy (non-hydrogen) atoms. The molecule has 0 heterocycles. The van der Waals surface area contributed by atoms with E-state index in [9.17, 15) is 26.7 Å². The van der Waals surface area contributed by atoms with E-state index in [4.69, 9.17) is 0 Å². The lowest BCUT2D eigenvalue weighted by Gasteiger charge is -2.42. The molecule has 0 saturated heterocycles. The zero-order valence-corrected chi connectivity index (χ0v) is 20.1. The molecule has 3 aromatic rings.